The summed E-state index contributed by atoms with van der Waals surface area (Å²) < 4.78 is 18.2. The highest BCUT2D eigenvalue weighted by Crippen LogP contribution is 2.29. The van der Waals surface area contributed by atoms with Crippen LogP contribution in [0.1, 0.15) is 0 Å². The standard InChI is InChI=1S/C10H12FNO2/c11-8-2-1-3-9(10(8)13)12-4-6-14-7-5-12/h1-3,13H,4-7H2. The molecule has 1 fully saturated rings. The second kappa shape index (κ2) is 3.84. The van der Waals surface area contributed by atoms with Gasteiger partial charge in [0.25, 0.3) is 0 Å². The highest BCUT2D eigenvalue weighted by molar-refractivity contribution is 5.58. The number of halogens is 1. The Morgan fingerprint density at radius 2 is 2.00 bits per heavy atom. The summed E-state index contributed by atoms with van der Waals surface area (Å²) in [5.74, 6) is -0.844. The van der Waals surface area contributed by atoms with E-state index in [2.05, 4.69) is 0 Å². The van der Waals surface area contributed by atoms with Gasteiger partial charge in [-0.1, -0.05) is 6.07 Å². The van der Waals surface area contributed by atoms with Crippen molar-refractivity contribution in [2.75, 3.05) is 31.2 Å². The predicted octanol–water partition coefficient (Wildman–Crippen LogP) is 1.37. The second-order valence-electron chi connectivity index (χ2n) is 3.21. The number of phenolic OH excluding ortho intramolecular Hbond substituents is 1. The zero-order valence-corrected chi connectivity index (χ0v) is 7.74. The van der Waals surface area contributed by atoms with E-state index < -0.39 is 5.82 Å². The molecule has 0 unspecified atom stereocenters. The summed E-state index contributed by atoms with van der Waals surface area (Å²) in [6.07, 6.45) is 0. The third-order valence-electron chi connectivity index (χ3n) is 2.32. The van der Waals surface area contributed by atoms with Crippen molar-refractivity contribution in [3.8, 4) is 5.75 Å². The van der Waals surface area contributed by atoms with Crippen molar-refractivity contribution in [2.45, 2.75) is 0 Å². The summed E-state index contributed by atoms with van der Waals surface area (Å²) in [6.45, 7) is 2.62. The van der Waals surface area contributed by atoms with Crippen LogP contribution in [-0.4, -0.2) is 31.4 Å². The van der Waals surface area contributed by atoms with Gasteiger partial charge < -0.3 is 14.7 Å². The zero-order valence-electron chi connectivity index (χ0n) is 7.74. The molecule has 14 heavy (non-hydrogen) atoms. The Hall–Kier alpha value is -1.29. The Balaban J connectivity index is 2.26. The molecule has 1 heterocycles. The van der Waals surface area contributed by atoms with Crippen LogP contribution in [0.25, 0.3) is 0 Å². The average molecular weight is 197 g/mol. The number of rotatable bonds is 1. The molecule has 4 heteroatoms. The number of benzene rings is 1. The maximum absolute atomic E-state index is 13.0. The second-order valence-corrected chi connectivity index (χ2v) is 3.21. The molecule has 0 aliphatic carbocycles. The minimum absolute atomic E-state index is 0.269. The van der Waals surface area contributed by atoms with Crippen LogP contribution in [0.2, 0.25) is 0 Å². The lowest BCUT2D eigenvalue weighted by Crippen LogP contribution is -2.36. The molecule has 1 N–H and O–H groups in total. The van der Waals surface area contributed by atoms with Gasteiger partial charge in [-0.3, -0.25) is 0 Å². The third-order valence-corrected chi connectivity index (χ3v) is 2.32. The number of hydrogen-bond donors (Lipinski definition) is 1. The Kier molecular flexibility index (Phi) is 2.54. The summed E-state index contributed by atoms with van der Waals surface area (Å²) in [7, 11) is 0. The molecule has 76 valence electrons. The maximum atomic E-state index is 13.0. The Bertz CT molecular complexity index is 324. The first-order chi connectivity index (χ1) is 6.79. The molecule has 1 aromatic rings. The van der Waals surface area contributed by atoms with Gasteiger partial charge in [0.15, 0.2) is 11.6 Å². The molecule has 0 atom stereocenters. The van der Waals surface area contributed by atoms with Crippen LogP contribution < -0.4 is 4.90 Å². The van der Waals surface area contributed by atoms with Gasteiger partial charge in [-0.15, -0.1) is 0 Å². The highest BCUT2D eigenvalue weighted by Gasteiger charge is 2.16. The van der Waals surface area contributed by atoms with Crippen molar-refractivity contribution in [1.29, 1.82) is 0 Å². The number of morpholine rings is 1. The normalized spacial score (nSPS) is 17.1. The van der Waals surface area contributed by atoms with Crippen LogP contribution in [0, 0.1) is 5.82 Å². The van der Waals surface area contributed by atoms with Gasteiger partial charge in [-0.05, 0) is 12.1 Å². The van der Waals surface area contributed by atoms with Crippen molar-refractivity contribution in [1.82, 2.24) is 0 Å². The number of phenols is 1. The number of anilines is 1. The summed E-state index contributed by atoms with van der Waals surface area (Å²) >= 11 is 0. The van der Waals surface area contributed by atoms with E-state index in [9.17, 15) is 9.50 Å². The van der Waals surface area contributed by atoms with E-state index in [0.29, 0.717) is 32.0 Å². The lowest BCUT2D eigenvalue weighted by atomic mass is 10.2. The molecule has 0 amide bonds. The largest absolute Gasteiger partial charge is 0.503 e. The molecule has 0 spiro atoms. The Morgan fingerprint density at radius 1 is 1.29 bits per heavy atom. The molecule has 3 nitrogen and oxygen atoms in total. The van der Waals surface area contributed by atoms with Crippen LogP contribution >= 0.6 is 0 Å². The van der Waals surface area contributed by atoms with E-state index in [4.69, 9.17) is 4.74 Å². The molecule has 0 saturated carbocycles. The summed E-state index contributed by atoms with van der Waals surface area (Å²) in [5.41, 5.74) is 0.549. The highest BCUT2D eigenvalue weighted by atomic mass is 19.1. The van der Waals surface area contributed by atoms with Crippen molar-refractivity contribution in [2.24, 2.45) is 0 Å². The lowest BCUT2D eigenvalue weighted by molar-refractivity contribution is 0.122. The van der Waals surface area contributed by atoms with Gasteiger partial charge in [0, 0.05) is 13.1 Å². The Labute approximate surface area is 81.7 Å². The first-order valence-electron chi connectivity index (χ1n) is 4.59. The predicted molar refractivity (Wildman–Crippen MR) is 51.1 cm³/mol. The van der Waals surface area contributed by atoms with Crippen LogP contribution in [0.15, 0.2) is 18.2 Å². The van der Waals surface area contributed by atoms with Crippen molar-refractivity contribution in [3.63, 3.8) is 0 Å². The number of hydrogen-bond acceptors (Lipinski definition) is 3. The fourth-order valence-electron chi connectivity index (χ4n) is 1.56. The Morgan fingerprint density at radius 3 is 2.71 bits per heavy atom. The molecule has 1 saturated heterocycles. The van der Waals surface area contributed by atoms with Gasteiger partial charge in [0.05, 0.1) is 18.9 Å². The first-order valence-corrected chi connectivity index (χ1v) is 4.59. The molecule has 0 radical (unpaired) electrons. The first kappa shape index (κ1) is 9.27. The quantitative estimate of drug-likeness (QED) is 0.738. The maximum Gasteiger partial charge on any atom is 0.175 e. The monoisotopic (exact) mass is 197 g/mol. The van der Waals surface area contributed by atoms with E-state index in [1.165, 1.54) is 6.07 Å². The molecular formula is C10H12FNO2. The minimum atomic E-state index is -0.575. The summed E-state index contributed by atoms with van der Waals surface area (Å²) in [5, 5.41) is 9.49. The lowest BCUT2D eigenvalue weighted by Gasteiger charge is -2.29. The average Bonchev–Trinajstić information content (AvgIpc) is 2.23. The molecule has 0 bridgehead atoms. The van der Waals surface area contributed by atoms with E-state index in [-0.39, 0.29) is 5.75 Å². The smallest absolute Gasteiger partial charge is 0.175 e. The molecule has 1 aromatic carbocycles. The number of para-hydroxylation sites is 1. The van der Waals surface area contributed by atoms with Gasteiger partial charge in [0.1, 0.15) is 0 Å². The topological polar surface area (TPSA) is 32.7 Å². The van der Waals surface area contributed by atoms with E-state index >= 15 is 0 Å². The number of ether oxygens (including phenoxy) is 1. The van der Waals surface area contributed by atoms with Crippen molar-refractivity contribution in [3.05, 3.63) is 24.0 Å². The van der Waals surface area contributed by atoms with Crippen LogP contribution in [0.5, 0.6) is 5.75 Å². The van der Waals surface area contributed by atoms with Gasteiger partial charge in [0.2, 0.25) is 0 Å². The van der Waals surface area contributed by atoms with E-state index in [0.717, 1.165) is 0 Å². The van der Waals surface area contributed by atoms with Crippen LogP contribution in [-0.2, 0) is 4.74 Å². The summed E-state index contributed by atoms with van der Waals surface area (Å²) in [4.78, 5) is 1.92. The van der Waals surface area contributed by atoms with Gasteiger partial charge in [-0.2, -0.15) is 0 Å². The van der Waals surface area contributed by atoms with Crippen LogP contribution in [0.3, 0.4) is 0 Å². The van der Waals surface area contributed by atoms with Gasteiger partial charge in [-0.25, -0.2) is 4.39 Å². The summed E-state index contributed by atoms with van der Waals surface area (Å²) in [6, 6.07) is 4.56. The molecule has 1 aliphatic rings. The number of aromatic hydroxyl groups is 1. The van der Waals surface area contributed by atoms with E-state index in [1.807, 2.05) is 4.90 Å². The van der Waals surface area contributed by atoms with Crippen molar-refractivity contribution < 1.29 is 14.2 Å². The molecule has 0 aromatic heterocycles. The van der Waals surface area contributed by atoms with Crippen molar-refractivity contribution >= 4 is 5.69 Å². The zero-order chi connectivity index (χ0) is 9.97. The molecular weight excluding hydrogens is 185 g/mol. The van der Waals surface area contributed by atoms with Crippen LogP contribution in [0.4, 0.5) is 10.1 Å². The molecule has 2 rings (SSSR count). The fraction of sp³-hybridized carbons (Fsp3) is 0.400. The third kappa shape index (κ3) is 1.65. The van der Waals surface area contributed by atoms with Gasteiger partial charge >= 0.3 is 0 Å². The molecule has 1 aliphatic heterocycles. The van der Waals surface area contributed by atoms with E-state index in [1.54, 1.807) is 12.1 Å². The SMILES string of the molecule is Oc1c(F)cccc1N1CCOCC1. The number of nitrogens with zero attached hydrogens (tertiary/aromatic N) is 1. The fourth-order valence-corrected chi connectivity index (χ4v) is 1.56. The minimum Gasteiger partial charge on any atom is -0.503 e.